The summed E-state index contributed by atoms with van der Waals surface area (Å²) in [6, 6.07) is 12.6. The highest BCUT2D eigenvalue weighted by molar-refractivity contribution is 7.20. The third-order valence-corrected chi connectivity index (χ3v) is 12.0. The van der Waals surface area contributed by atoms with E-state index in [2.05, 4.69) is 0 Å². The molecule has 4 nitrogen and oxygen atoms in total. The lowest BCUT2D eigenvalue weighted by molar-refractivity contribution is -0.665. The molecule has 29 heteroatoms. The zero-order valence-electron chi connectivity index (χ0n) is 38.6. The van der Waals surface area contributed by atoms with Crippen LogP contribution in [0.5, 0.6) is 0 Å². The molecule has 0 unspecified atom stereocenters. The van der Waals surface area contributed by atoms with Crippen LogP contribution in [0.2, 0.25) is 0 Å². The fraction of sp³-hybridized carbons (Fsp3) is 0.200. The first-order chi connectivity index (χ1) is 36.1. The van der Waals surface area contributed by atoms with Gasteiger partial charge in [0.05, 0.1) is 44.5 Å². The van der Waals surface area contributed by atoms with Gasteiger partial charge in [0.15, 0.2) is 13.3 Å². The number of pyridine rings is 1. The molecule has 1 aromatic heterocycles. The molecule has 7 aromatic rings. The van der Waals surface area contributed by atoms with Gasteiger partial charge in [-0.2, -0.15) is 132 Å². The summed E-state index contributed by atoms with van der Waals surface area (Å²) in [4.78, 5) is 12.1. The maximum absolute atomic E-state index is 14.2. The number of carbonyl (C=O) groups is 1. The number of aliphatic hydroxyl groups excluding tert-OH is 1. The van der Waals surface area contributed by atoms with E-state index in [1.54, 1.807) is 6.07 Å². The minimum atomic E-state index is -6.13. The van der Waals surface area contributed by atoms with Gasteiger partial charge in [0.1, 0.15) is 6.15 Å². The number of benzene rings is 6. The first kappa shape index (κ1) is 60.8. The van der Waals surface area contributed by atoms with Gasteiger partial charge in [-0.3, -0.25) is 0 Å². The van der Waals surface area contributed by atoms with Crippen LogP contribution >= 0.6 is 0 Å². The minimum absolute atomic E-state index is 0.414. The van der Waals surface area contributed by atoms with Crippen LogP contribution in [0, 0.1) is 0 Å². The molecule has 1 heterocycles. The zero-order valence-corrected chi connectivity index (χ0v) is 38.6. The molecule has 0 saturated heterocycles. The van der Waals surface area contributed by atoms with Gasteiger partial charge in [-0.25, -0.2) is 4.79 Å². The Morgan fingerprint density at radius 2 is 0.658 bits per heavy atom. The maximum Gasteiger partial charge on any atom is 0.416 e. The van der Waals surface area contributed by atoms with E-state index >= 15 is 0 Å². The second-order valence-electron chi connectivity index (χ2n) is 17.1. The molecule has 6 aromatic carbocycles. The lowest BCUT2D eigenvalue weighted by Gasteiger charge is -2.46. The van der Waals surface area contributed by atoms with E-state index in [0.717, 1.165) is 16.5 Å². The number of fused-ring (bicyclic) bond motifs is 1. The normalized spacial score (nSPS) is 13.3. The Kier molecular flexibility index (Phi) is 16.4. The van der Waals surface area contributed by atoms with Crippen molar-refractivity contribution in [2.75, 3.05) is 6.79 Å². The summed E-state index contributed by atoms with van der Waals surface area (Å²) < 4.78 is 347. The van der Waals surface area contributed by atoms with Gasteiger partial charge in [-0.05, 0) is 36.4 Å². The van der Waals surface area contributed by atoms with Crippen LogP contribution in [0.3, 0.4) is 0 Å². The quantitative estimate of drug-likeness (QED) is 0.0542. The van der Waals surface area contributed by atoms with E-state index in [-0.39, 0.29) is 0 Å². The second kappa shape index (κ2) is 21.3. The van der Waals surface area contributed by atoms with Gasteiger partial charge >= 0.3 is 55.4 Å². The number of aromatic nitrogens is 1. The number of nitrogens with zero attached hydrogens (tertiary/aromatic N) is 1. The standard InChI is InChI=1S/C32H12BF24.C18H16NO3/c34-25(35,36)13-1-14(26(37,38)39)6-21(5-13)33(22-7-15(27(40,41)42)2-16(8-22)28(43,44)45,23-9-17(29(46,47)48)3-18(10-23)30(49,50)51)24-11-19(31(52,53)54)4-20(12-24)32(55,56)57;20-13-22-18(21)17-11-10-15-8-4-5-9-16(15)19(17)12-14-6-2-1-3-7-14/h1-12H;1-11,20H,12-13H2/q-1;+1. The molecule has 0 fully saturated rings. The highest BCUT2D eigenvalue weighted by Gasteiger charge is 2.47. The van der Waals surface area contributed by atoms with E-state index in [1.165, 1.54) is 0 Å². The second-order valence-corrected chi connectivity index (χ2v) is 17.1. The number of hydrogen-bond acceptors (Lipinski definition) is 3. The van der Waals surface area contributed by atoms with Crippen LogP contribution in [-0.4, -0.2) is 24.0 Å². The van der Waals surface area contributed by atoms with Crippen molar-refractivity contribution in [2.45, 2.75) is 56.0 Å². The summed E-state index contributed by atoms with van der Waals surface area (Å²) >= 11 is 0. The van der Waals surface area contributed by atoms with Crippen LogP contribution in [0.4, 0.5) is 105 Å². The molecule has 0 atom stereocenters. The van der Waals surface area contributed by atoms with Crippen LogP contribution in [0.1, 0.15) is 60.6 Å². The van der Waals surface area contributed by atoms with Crippen molar-refractivity contribution in [3.63, 3.8) is 0 Å². The van der Waals surface area contributed by atoms with Crippen LogP contribution < -0.4 is 26.4 Å². The van der Waals surface area contributed by atoms with Crippen molar-refractivity contribution >= 4 is 44.9 Å². The van der Waals surface area contributed by atoms with Crippen molar-refractivity contribution < 1.29 is 125 Å². The van der Waals surface area contributed by atoms with Crippen molar-refractivity contribution in [1.29, 1.82) is 0 Å². The smallest absolute Gasteiger partial charge is 0.416 e. The molecule has 422 valence electrons. The molecule has 0 aliphatic rings. The number of rotatable bonds is 8. The predicted molar refractivity (Wildman–Crippen MR) is 232 cm³/mol. The van der Waals surface area contributed by atoms with E-state index < -0.39 is 207 Å². The number of halogens is 24. The fourth-order valence-electron chi connectivity index (χ4n) is 8.58. The number of esters is 1. The molecule has 0 spiro atoms. The van der Waals surface area contributed by atoms with E-state index in [1.807, 2.05) is 65.2 Å². The Balaban J connectivity index is 0.000000378. The average Bonchev–Trinajstić information content (AvgIpc) is 3.54. The number of hydrogen-bond donors (Lipinski definition) is 1. The number of carbonyl (C=O) groups excluding carboxylic acids is 1. The lowest BCUT2D eigenvalue weighted by atomic mass is 9.12. The third kappa shape index (κ3) is 13.7. The van der Waals surface area contributed by atoms with E-state index in [9.17, 15) is 110 Å². The van der Waals surface area contributed by atoms with Gasteiger partial charge < -0.3 is 9.84 Å². The van der Waals surface area contributed by atoms with Crippen molar-refractivity contribution in [3.05, 3.63) is 195 Å². The van der Waals surface area contributed by atoms with E-state index in [4.69, 9.17) is 9.84 Å². The molecule has 0 aliphatic carbocycles. The molecule has 1 N–H and O–H groups in total. The Morgan fingerprint density at radius 1 is 0.380 bits per heavy atom. The monoisotopic (exact) mass is 1160 g/mol. The number of ether oxygens (including phenoxy) is 1. The number of aliphatic hydroxyl groups is 1. The molecule has 0 bridgehead atoms. The Labute approximate surface area is 427 Å². The van der Waals surface area contributed by atoms with Gasteiger partial charge in [0.2, 0.25) is 5.52 Å². The lowest BCUT2D eigenvalue weighted by Crippen LogP contribution is -2.75. The summed E-state index contributed by atoms with van der Waals surface area (Å²) in [6.45, 7) is -0.0744. The molecule has 0 aliphatic heterocycles. The van der Waals surface area contributed by atoms with Gasteiger partial charge in [-0.15, -0.1) is 0 Å². The molecule has 0 radical (unpaired) electrons. The third-order valence-electron chi connectivity index (χ3n) is 12.0. The number of para-hydroxylation sites is 1. The first-order valence-electron chi connectivity index (χ1n) is 21.6. The summed E-state index contributed by atoms with van der Waals surface area (Å²) in [5.74, 6) is -0.538. The van der Waals surface area contributed by atoms with Crippen LogP contribution in [0.25, 0.3) is 10.9 Å². The molecular formula is C50H28BF24NO3. The van der Waals surface area contributed by atoms with Crippen molar-refractivity contribution in [3.8, 4) is 0 Å². The highest BCUT2D eigenvalue weighted by atomic mass is 19.4. The minimum Gasteiger partial charge on any atom is -0.431 e. The molecule has 0 amide bonds. The maximum atomic E-state index is 14.2. The SMILES string of the molecule is FC(F)(F)c1cc([B-](c2cc(C(F)(F)F)cc(C(F)(F)F)c2)(c2cc(C(F)(F)F)cc(C(F)(F)F)c2)c2cc(C(F)(F)F)cc(C(F)(F)F)c2)cc(C(F)(F)F)c1.O=C(OCO)c1ccc2ccccc2[n+]1Cc1ccccc1. The molecular weight excluding hydrogens is 1130 g/mol. The average molecular weight is 1160 g/mol. The van der Waals surface area contributed by atoms with Gasteiger partial charge in [0, 0.05) is 23.1 Å². The Morgan fingerprint density at radius 3 is 0.937 bits per heavy atom. The van der Waals surface area contributed by atoms with Crippen LogP contribution in [-0.2, 0) is 60.7 Å². The summed E-state index contributed by atoms with van der Waals surface area (Å²) in [5.41, 5.74) is -27.8. The van der Waals surface area contributed by atoms with E-state index in [0.29, 0.717) is 12.2 Å². The Bertz CT molecular complexity index is 2920. The first-order valence-corrected chi connectivity index (χ1v) is 21.6. The zero-order chi connectivity index (χ0) is 59.3. The van der Waals surface area contributed by atoms with Gasteiger partial charge in [-0.1, -0.05) is 91.0 Å². The molecule has 7 rings (SSSR count). The summed E-state index contributed by atoms with van der Waals surface area (Å²) in [6.07, 6.45) is -54.8. The fourth-order valence-corrected chi connectivity index (χ4v) is 8.58. The largest absolute Gasteiger partial charge is 0.431 e. The van der Waals surface area contributed by atoms with Crippen molar-refractivity contribution in [2.24, 2.45) is 0 Å². The number of alkyl halides is 24. The van der Waals surface area contributed by atoms with Gasteiger partial charge in [0.25, 0.3) is 5.69 Å². The molecule has 0 saturated carbocycles. The topological polar surface area (TPSA) is 50.4 Å². The Hall–Kier alpha value is -7.46. The van der Waals surface area contributed by atoms with Crippen LogP contribution in [0.15, 0.2) is 140 Å². The van der Waals surface area contributed by atoms with Crippen molar-refractivity contribution in [1.82, 2.24) is 0 Å². The molecule has 79 heavy (non-hydrogen) atoms. The predicted octanol–water partition coefficient (Wildman–Crippen LogP) is 13.5. The highest BCUT2D eigenvalue weighted by Crippen LogP contribution is 2.41. The summed E-state index contributed by atoms with van der Waals surface area (Å²) in [5, 5.41) is 9.88. The summed E-state index contributed by atoms with van der Waals surface area (Å²) in [7, 11) is 0.